The first-order chi connectivity index (χ1) is 15.2. The summed E-state index contributed by atoms with van der Waals surface area (Å²) in [5, 5.41) is 59.3. The quantitative estimate of drug-likeness (QED) is 0.0536. The first-order valence-corrected chi connectivity index (χ1v) is 9.98. The number of nitrogens with one attached hydrogen (secondary N) is 2. The number of amides is 1. The first-order valence-electron chi connectivity index (χ1n) is 9.98. The van der Waals surface area contributed by atoms with Crippen LogP contribution >= 0.6 is 0 Å². The van der Waals surface area contributed by atoms with Crippen LogP contribution in [0.5, 0.6) is 0 Å². The fraction of sp³-hybridized carbons (Fsp3) is 0.824. The molecule has 0 bridgehead atoms. The minimum atomic E-state index is -1.80. The van der Waals surface area contributed by atoms with Gasteiger partial charge < -0.3 is 56.1 Å². The van der Waals surface area contributed by atoms with Gasteiger partial charge in [0.05, 0.1) is 0 Å². The van der Waals surface area contributed by atoms with Gasteiger partial charge in [-0.15, -0.1) is 0 Å². The van der Waals surface area contributed by atoms with E-state index in [0.29, 0.717) is 0 Å². The second-order valence-electron chi connectivity index (χ2n) is 8.16. The van der Waals surface area contributed by atoms with E-state index in [1.165, 1.54) is 0 Å². The Morgan fingerprint density at radius 2 is 1.85 bits per heavy atom. The van der Waals surface area contributed by atoms with Crippen LogP contribution < -0.4 is 16.5 Å². The van der Waals surface area contributed by atoms with Gasteiger partial charge in [0, 0.05) is 6.54 Å². The van der Waals surface area contributed by atoms with Gasteiger partial charge in [-0.2, -0.15) is 5.34 Å². The molecule has 0 radical (unpaired) electrons. The fourth-order valence-electron chi connectivity index (χ4n) is 2.66. The van der Waals surface area contributed by atoms with Crippen molar-refractivity contribution >= 4 is 18.0 Å². The molecule has 1 amide bonds. The molecule has 1 heterocycles. The molecule has 1 aliphatic heterocycles. The number of ether oxygens (including phenoxy) is 3. The highest BCUT2D eigenvalue weighted by Gasteiger charge is 2.43. The van der Waals surface area contributed by atoms with Gasteiger partial charge >= 0.3 is 12.1 Å². The van der Waals surface area contributed by atoms with Crippen LogP contribution in [-0.4, -0.2) is 104 Å². The summed E-state index contributed by atoms with van der Waals surface area (Å²) in [6.45, 7) is 4.28. The van der Waals surface area contributed by atoms with Crippen LogP contribution in [-0.2, 0) is 19.0 Å². The maximum Gasteiger partial charge on any atom is 0.408 e. The topological polar surface area (TPSA) is 252 Å². The number of guanidine groups is 1. The van der Waals surface area contributed by atoms with Gasteiger partial charge in [0.1, 0.15) is 42.7 Å². The van der Waals surface area contributed by atoms with Crippen molar-refractivity contribution < 1.29 is 49.4 Å². The fourth-order valence-corrected chi connectivity index (χ4v) is 2.66. The average molecular weight is 482 g/mol. The number of aliphatic hydroxyl groups excluding tert-OH is 4. The van der Waals surface area contributed by atoms with E-state index in [4.69, 9.17) is 25.2 Å². The summed E-state index contributed by atoms with van der Waals surface area (Å²) >= 11 is 0. The van der Waals surface area contributed by atoms with Crippen molar-refractivity contribution in [3.63, 3.8) is 0 Å². The van der Waals surface area contributed by atoms with E-state index in [0.717, 1.165) is 0 Å². The highest BCUT2D eigenvalue weighted by Crippen LogP contribution is 2.20. The summed E-state index contributed by atoms with van der Waals surface area (Å²) in [5.41, 5.74) is 6.26. The number of rotatable bonds is 9. The van der Waals surface area contributed by atoms with Crippen molar-refractivity contribution in [2.45, 2.75) is 76.0 Å². The van der Waals surface area contributed by atoms with Crippen LogP contribution in [0.3, 0.4) is 0 Å². The molecule has 0 spiro atoms. The molecule has 192 valence electrons. The highest BCUT2D eigenvalue weighted by molar-refractivity contribution is 5.81. The molecule has 0 saturated carbocycles. The van der Waals surface area contributed by atoms with Crippen LogP contribution in [0.25, 0.3) is 0 Å². The molecule has 6 unspecified atom stereocenters. The molecular formula is C17H32N5O11-. The second kappa shape index (κ2) is 12.8. The number of esters is 1. The maximum absolute atomic E-state index is 12.5. The molecule has 1 rings (SSSR count). The van der Waals surface area contributed by atoms with Gasteiger partial charge in [0.15, 0.2) is 6.29 Å². The van der Waals surface area contributed by atoms with Gasteiger partial charge in [-0.05, 0) is 33.6 Å². The Bertz CT molecular complexity index is 672. The third kappa shape index (κ3) is 10.4. The smallest absolute Gasteiger partial charge is 0.408 e. The van der Waals surface area contributed by atoms with E-state index in [1.54, 1.807) is 26.2 Å². The Hall–Kier alpha value is -2.31. The SMILES string of the molecule is CC(C)(C)OC(=O)NC(CCCN=C(N)NN([O-])O)C(=O)OCC1OC(O)C(O)C(O)C1O. The summed E-state index contributed by atoms with van der Waals surface area (Å²) in [6, 6.07) is -1.22. The minimum Gasteiger partial charge on any atom is -0.744 e. The third-order valence-electron chi connectivity index (χ3n) is 4.20. The van der Waals surface area contributed by atoms with Crippen molar-refractivity contribution in [2.75, 3.05) is 13.2 Å². The number of hydrazine groups is 1. The van der Waals surface area contributed by atoms with E-state index < -0.39 is 66.4 Å². The zero-order chi connectivity index (χ0) is 25.3. The zero-order valence-electron chi connectivity index (χ0n) is 18.4. The molecule has 0 aromatic carbocycles. The lowest BCUT2D eigenvalue weighted by atomic mass is 9.99. The summed E-state index contributed by atoms with van der Waals surface area (Å²) in [4.78, 5) is 28.4. The normalized spacial score (nSPS) is 27.1. The Kier molecular flexibility index (Phi) is 11.1. The maximum atomic E-state index is 12.5. The summed E-state index contributed by atoms with van der Waals surface area (Å²) in [6.07, 6.45) is -8.99. The molecule has 6 atom stereocenters. The summed E-state index contributed by atoms with van der Waals surface area (Å²) < 4.78 is 15.1. The molecule has 0 aromatic rings. The predicted octanol–water partition coefficient (Wildman–Crippen LogP) is -2.99. The number of hydrogen-bond donors (Lipinski definition) is 8. The van der Waals surface area contributed by atoms with E-state index in [9.17, 15) is 35.2 Å². The van der Waals surface area contributed by atoms with Crippen LogP contribution in [0.15, 0.2) is 4.99 Å². The zero-order valence-corrected chi connectivity index (χ0v) is 18.4. The molecule has 33 heavy (non-hydrogen) atoms. The number of hydrogen-bond acceptors (Lipinski definition) is 13. The van der Waals surface area contributed by atoms with Gasteiger partial charge in [-0.1, -0.05) is 0 Å². The van der Waals surface area contributed by atoms with Crippen molar-refractivity contribution in [1.29, 1.82) is 0 Å². The Labute approximate surface area is 189 Å². The predicted molar refractivity (Wildman–Crippen MR) is 109 cm³/mol. The minimum absolute atomic E-state index is 0.00683. The van der Waals surface area contributed by atoms with E-state index in [-0.39, 0.29) is 25.3 Å². The Balaban J connectivity index is 2.72. The Morgan fingerprint density at radius 3 is 2.42 bits per heavy atom. The van der Waals surface area contributed by atoms with Crippen LogP contribution in [0.4, 0.5) is 4.79 Å². The molecular weight excluding hydrogens is 450 g/mol. The number of aliphatic imine (C=N–C) groups is 1. The number of alkyl carbamates (subject to hydrolysis) is 1. The third-order valence-corrected chi connectivity index (χ3v) is 4.20. The molecule has 0 aliphatic carbocycles. The molecule has 9 N–H and O–H groups in total. The van der Waals surface area contributed by atoms with Gasteiger partial charge in [0.25, 0.3) is 0 Å². The van der Waals surface area contributed by atoms with E-state index in [2.05, 4.69) is 10.3 Å². The van der Waals surface area contributed by atoms with Crippen molar-refractivity contribution in [1.82, 2.24) is 16.1 Å². The molecule has 1 aliphatic rings. The van der Waals surface area contributed by atoms with Crippen molar-refractivity contribution in [3.8, 4) is 0 Å². The number of carbonyl (C=O) groups excluding carboxylic acids is 2. The molecule has 16 nitrogen and oxygen atoms in total. The molecule has 1 fully saturated rings. The van der Waals surface area contributed by atoms with Gasteiger partial charge in [-0.3, -0.25) is 10.4 Å². The highest BCUT2D eigenvalue weighted by atomic mass is 16.8. The number of nitrogens with zero attached hydrogens (tertiary/aromatic N) is 2. The number of carbonyl (C=O) groups is 2. The van der Waals surface area contributed by atoms with Crippen molar-refractivity contribution in [2.24, 2.45) is 10.7 Å². The standard InChI is InChI=1S/C17H32N5O11/c1-17(2,3)33-16(28)20-8(5-4-6-19-15(18)21-22(29)30)13(26)31-7-9-10(23)11(24)12(25)14(27)32-9/h8-12,14,23-25,27,29H,4-7H2,1-3H3,(H,20,28)(H3,18,19,21)/q-1. The van der Waals surface area contributed by atoms with Crippen LogP contribution in [0.1, 0.15) is 33.6 Å². The lowest BCUT2D eigenvalue weighted by molar-refractivity contribution is -0.287. The molecule has 16 heteroatoms. The monoisotopic (exact) mass is 482 g/mol. The molecule has 0 aromatic heterocycles. The lowest BCUT2D eigenvalue weighted by Gasteiger charge is -2.38. The summed E-state index contributed by atoms with van der Waals surface area (Å²) in [7, 11) is 0. The van der Waals surface area contributed by atoms with Gasteiger partial charge in [0.2, 0.25) is 5.96 Å². The number of nitrogens with two attached hydrogens (primary N) is 1. The summed E-state index contributed by atoms with van der Waals surface area (Å²) in [5.74, 6) is -1.32. The molecule has 1 saturated heterocycles. The number of aliphatic hydroxyl groups is 4. The van der Waals surface area contributed by atoms with Crippen LogP contribution in [0, 0.1) is 5.21 Å². The average Bonchev–Trinajstić information content (AvgIpc) is 2.68. The largest absolute Gasteiger partial charge is 0.744 e. The lowest BCUT2D eigenvalue weighted by Crippen LogP contribution is -2.59. The van der Waals surface area contributed by atoms with Crippen LogP contribution in [0.2, 0.25) is 0 Å². The first kappa shape index (κ1) is 28.7. The van der Waals surface area contributed by atoms with Crippen molar-refractivity contribution in [3.05, 3.63) is 5.21 Å². The van der Waals surface area contributed by atoms with E-state index in [1.807, 2.05) is 0 Å². The second-order valence-corrected chi connectivity index (χ2v) is 8.16. The van der Waals surface area contributed by atoms with E-state index >= 15 is 0 Å². The Morgan fingerprint density at radius 1 is 1.21 bits per heavy atom. The van der Waals surface area contributed by atoms with Gasteiger partial charge in [-0.25, -0.2) is 9.59 Å².